The van der Waals surface area contributed by atoms with Crippen LogP contribution in [0.15, 0.2) is 12.4 Å². The van der Waals surface area contributed by atoms with E-state index < -0.39 is 0 Å². The molecule has 0 fully saturated rings. The quantitative estimate of drug-likeness (QED) is 0.583. The van der Waals surface area contributed by atoms with Gasteiger partial charge in [0, 0.05) is 45.5 Å². The molecule has 0 aliphatic heterocycles. The SMILES string of the molecule is Cn1ccnc1CCNCCN. The van der Waals surface area contributed by atoms with Crippen molar-refractivity contribution in [3.05, 3.63) is 18.2 Å². The smallest absolute Gasteiger partial charge is 0.109 e. The molecule has 0 bridgehead atoms. The standard InChI is InChI=1S/C8H16N4/c1-12-7-6-11-8(12)2-4-10-5-3-9/h6-7,10H,2-5,9H2,1H3. The van der Waals surface area contributed by atoms with E-state index in [2.05, 4.69) is 10.3 Å². The molecule has 3 N–H and O–H groups in total. The predicted molar refractivity (Wildman–Crippen MR) is 48.8 cm³/mol. The van der Waals surface area contributed by atoms with Gasteiger partial charge in [0.15, 0.2) is 0 Å². The molecule has 0 saturated heterocycles. The van der Waals surface area contributed by atoms with Crippen LogP contribution in [0.5, 0.6) is 0 Å². The maximum absolute atomic E-state index is 5.33. The fourth-order valence-corrected chi connectivity index (χ4v) is 1.06. The van der Waals surface area contributed by atoms with Crippen molar-refractivity contribution in [3.8, 4) is 0 Å². The van der Waals surface area contributed by atoms with Gasteiger partial charge in [0.25, 0.3) is 0 Å². The third-order valence-electron chi connectivity index (χ3n) is 1.77. The van der Waals surface area contributed by atoms with E-state index in [0.717, 1.165) is 25.3 Å². The van der Waals surface area contributed by atoms with Crippen LogP contribution >= 0.6 is 0 Å². The van der Waals surface area contributed by atoms with Gasteiger partial charge >= 0.3 is 0 Å². The molecule has 1 heterocycles. The minimum atomic E-state index is 0.695. The molecular weight excluding hydrogens is 152 g/mol. The highest BCUT2D eigenvalue weighted by Gasteiger charge is 1.96. The Bertz CT molecular complexity index is 219. The zero-order valence-electron chi connectivity index (χ0n) is 7.45. The molecule has 0 aliphatic rings. The predicted octanol–water partition coefficient (Wildman–Crippen LogP) is -0.489. The molecule has 4 nitrogen and oxygen atoms in total. The summed E-state index contributed by atoms with van der Waals surface area (Å²) >= 11 is 0. The van der Waals surface area contributed by atoms with Crippen molar-refractivity contribution in [2.45, 2.75) is 6.42 Å². The van der Waals surface area contributed by atoms with Gasteiger partial charge in [-0.1, -0.05) is 0 Å². The number of nitrogens with zero attached hydrogens (tertiary/aromatic N) is 2. The lowest BCUT2D eigenvalue weighted by Gasteiger charge is -2.02. The minimum Gasteiger partial charge on any atom is -0.338 e. The molecule has 0 atom stereocenters. The average molecular weight is 168 g/mol. The van der Waals surface area contributed by atoms with Gasteiger partial charge in [0.1, 0.15) is 5.82 Å². The monoisotopic (exact) mass is 168 g/mol. The maximum atomic E-state index is 5.33. The first-order chi connectivity index (χ1) is 5.84. The van der Waals surface area contributed by atoms with Crippen LogP contribution in [0.3, 0.4) is 0 Å². The minimum absolute atomic E-state index is 0.695. The van der Waals surface area contributed by atoms with E-state index >= 15 is 0 Å². The highest BCUT2D eigenvalue weighted by molar-refractivity contribution is 4.91. The van der Waals surface area contributed by atoms with E-state index in [1.807, 2.05) is 24.0 Å². The summed E-state index contributed by atoms with van der Waals surface area (Å²) in [5.74, 6) is 1.11. The summed E-state index contributed by atoms with van der Waals surface area (Å²) in [6.45, 7) is 2.52. The van der Waals surface area contributed by atoms with Crippen molar-refractivity contribution >= 4 is 0 Å². The Balaban J connectivity index is 2.20. The van der Waals surface area contributed by atoms with Gasteiger partial charge in [-0.05, 0) is 0 Å². The fourth-order valence-electron chi connectivity index (χ4n) is 1.06. The molecule has 1 aromatic rings. The average Bonchev–Trinajstić information content (AvgIpc) is 2.46. The Kier molecular flexibility index (Phi) is 3.76. The van der Waals surface area contributed by atoms with Crippen molar-refractivity contribution in [1.29, 1.82) is 0 Å². The second-order valence-electron chi connectivity index (χ2n) is 2.74. The number of hydrogen-bond donors (Lipinski definition) is 2. The summed E-state index contributed by atoms with van der Waals surface area (Å²) < 4.78 is 2.03. The van der Waals surface area contributed by atoms with Crippen LogP contribution in [-0.2, 0) is 13.5 Å². The number of nitrogens with two attached hydrogens (primary N) is 1. The summed E-state index contributed by atoms with van der Waals surface area (Å²) in [4.78, 5) is 4.21. The van der Waals surface area contributed by atoms with Crippen molar-refractivity contribution in [2.75, 3.05) is 19.6 Å². The van der Waals surface area contributed by atoms with Crippen molar-refractivity contribution in [1.82, 2.24) is 14.9 Å². The highest BCUT2D eigenvalue weighted by Crippen LogP contribution is 1.93. The molecule has 0 radical (unpaired) electrons. The molecule has 12 heavy (non-hydrogen) atoms. The van der Waals surface area contributed by atoms with Crippen LogP contribution in [-0.4, -0.2) is 29.2 Å². The molecule has 4 heteroatoms. The molecule has 0 saturated carbocycles. The molecule has 0 aromatic carbocycles. The molecule has 1 rings (SSSR count). The Morgan fingerprint density at radius 1 is 1.58 bits per heavy atom. The number of rotatable bonds is 5. The van der Waals surface area contributed by atoms with E-state index in [1.165, 1.54) is 0 Å². The van der Waals surface area contributed by atoms with Crippen LogP contribution in [0.1, 0.15) is 5.82 Å². The molecule has 1 aromatic heterocycles. The third kappa shape index (κ3) is 2.64. The van der Waals surface area contributed by atoms with Crippen LogP contribution < -0.4 is 11.1 Å². The first kappa shape index (κ1) is 9.22. The van der Waals surface area contributed by atoms with E-state index in [1.54, 1.807) is 0 Å². The highest BCUT2D eigenvalue weighted by atomic mass is 15.0. The van der Waals surface area contributed by atoms with Gasteiger partial charge in [-0.25, -0.2) is 4.98 Å². The first-order valence-corrected chi connectivity index (χ1v) is 4.21. The van der Waals surface area contributed by atoms with Gasteiger partial charge < -0.3 is 15.6 Å². The topological polar surface area (TPSA) is 55.9 Å². The molecule has 0 unspecified atom stereocenters. The molecule has 0 aliphatic carbocycles. The first-order valence-electron chi connectivity index (χ1n) is 4.21. The van der Waals surface area contributed by atoms with Crippen LogP contribution in [0.4, 0.5) is 0 Å². The zero-order chi connectivity index (χ0) is 8.81. The third-order valence-corrected chi connectivity index (χ3v) is 1.77. The van der Waals surface area contributed by atoms with Gasteiger partial charge in [0.2, 0.25) is 0 Å². The Hall–Kier alpha value is -0.870. The molecule has 0 spiro atoms. The lowest BCUT2D eigenvalue weighted by molar-refractivity contribution is 0.658. The zero-order valence-corrected chi connectivity index (χ0v) is 7.45. The summed E-state index contributed by atoms with van der Waals surface area (Å²) in [6.07, 6.45) is 4.74. The number of hydrogen-bond acceptors (Lipinski definition) is 3. The summed E-state index contributed by atoms with van der Waals surface area (Å²) in [6, 6.07) is 0. The second kappa shape index (κ2) is 4.90. The second-order valence-corrected chi connectivity index (χ2v) is 2.74. The fraction of sp³-hybridized carbons (Fsp3) is 0.625. The largest absolute Gasteiger partial charge is 0.338 e. The van der Waals surface area contributed by atoms with E-state index in [-0.39, 0.29) is 0 Å². The van der Waals surface area contributed by atoms with Gasteiger partial charge in [0.05, 0.1) is 0 Å². The molecule has 0 amide bonds. The number of nitrogens with one attached hydrogen (secondary N) is 1. The van der Waals surface area contributed by atoms with Gasteiger partial charge in [-0.3, -0.25) is 0 Å². The Labute approximate surface area is 72.8 Å². The van der Waals surface area contributed by atoms with Crippen LogP contribution in [0.25, 0.3) is 0 Å². The van der Waals surface area contributed by atoms with Gasteiger partial charge in [-0.2, -0.15) is 0 Å². The lowest BCUT2D eigenvalue weighted by atomic mass is 10.4. The van der Waals surface area contributed by atoms with Crippen molar-refractivity contribution in [3.63, 3.8) is 0 Å². The van der Waals surface area contributed by atoms with Crippen LogP contribution in [0, 0.1) is 0 Å². The summed E-state index contributed by atoms with van der Waals surface area (Å²) in [5, 5.41) is 3.22. The van der Waals surface area contributed by atoms with Crippen LogP contribution in [0.2, 0.25) is 0 Å². The Morgan fingerprint density at radius 2 is 2.42 bits per heavy atom. The van der Waals surface area contributed by atoms with E-state index in [9.17, 15) is 0 Å². The summed E-state index contributed by atoms with van der Waals surface area (Å²) in [5.41, 5.74) is 5.33. The van der Waals surface area contributed by atoms with E-state index in [4.69, 9.17) is 5.73 Å². The van der Waals surface area contributed by atoms with Crippen molar-refractivity contribution < 1.29 is 0 Å². The van der Waals surface area contributed by atoms with E-state index in [0.29, 0.717) is 6.54 Å². The number of aromatic nitrogens is 2. The lowest BCUT2D eigenvalue weighted by Crippen LogP contribution is -2.25. The summed E-state index contributed by atoms with van der Waals surface area (Å²) in [7, 11) is 2.01. The number of aryl methyl sites for hydroxylation is 1. The van der Waals surface area contributed by atoms with Crippen molar-refractivity contribution in [2.24, 2.45) is 12.8 Å². The molecule has 68 valence electrons. The number of imidazole rings is 1. The normalized spacial score (nSPS) is 10.5. The van der Waals surface area contributed by atoms with Gasteiger partial charge in [-0.15, -0.1) is 0 Å². The Morgan fingerprint density at radius 3 is 3.00 bits per heavy atom. The molecular formula is C8H16N4. The maximum Gasteiger partial charge on any atom is 0.109 e.